The summed E-state index contributed by atoms with van der Waals surface area (Å²) in [6.45, 7) is 9.40. The number of aromatic nitrogens is 3. The SMILES string of the molecule is CCNCc1cn(CCOc2ccccc2C(C)C)nn1. The largest absolute Gasteiger partial charge is 0.491 e. The highest BCUT2D eigenvalue weighted by Crippen LogP contribution is 2.25. The van der Waals surface area contributed by atoms with Crippen LogP contribution in [-0.4, -0.2) is 28.1 Å². The van der Waals surface area contributed by atoms with Crippen LogP contribution in [0.25, 0.3) is 0 Å². The van der Waals surface area contributed by atoms with Gasteiger partial charge in [-0.1, -0.05) is 44.2 Å². The average Bonchev–Trinajstić information content (AvgIpc) is 2.93. The lowest BCUT2D eigenvalue weighted by Gasteiger charge is -2.13. The maximum atomic E-state index is 5.89. The summed E-state index contributed by atoms with van der Waals surface area (Å²) in [7, 11) is 0. The topological polar surface area (TPSA) is 52.0 Å². The van der Waals surface area contributed by atoms with Crippen LogP contribution in [0.5, 0.6) is 5.75 Å². The highest BCUT2D eigenvalue weighted by atomic mass is 16.5. The van der Waals surface area contributed by atoms with Gasteiger partial charge in [0.15, 0.2) is 0 Å². The van der Waals surface area contributed by atoms with Crippen molar-refractivity contribution in [3.05, 3.63) is 41.7 Å². The smallest absolute Gasteiger partial charge is 0.122 e. The summed E-state index contributed by atoms with van der Waals surface area (Å²) < 4.78 is 7.71. The summed E-state index contributed by atoms with van der Waals surface area (Å²) in [5.74, 6) is 1.42. The maximum absolute atomic E-state index is 5.89. The fourth-order valence-electron chi connectivity index (χ4n) is 2.12. The Morgan fingerprint density at radius 3 is 2.86 bits per heavy atom. The molecular formula is C16H24N4O. The normalized spacial score (nSPS) is 11.0. The molecule has 0 unspecified atom stereocenters. The second-order valence-corrected chi connectivity index (χ2v) is 5.29. The first-order chi connectivity index (χ1) is 10.2. The fourth-order valence-corrected chi connectivity index (χ4v) is 2.12. The van der Waals surface area contributed by atoms with Gasteiger partial charge in [-0.25, -0.2) is 4.68 Å². The van der Waals surface area contributed by atoms with Crippen LogP contribution in [0, 0.1) is 0 Å². The summed E-state index contributed by atoms with van der Waals surface area (Å²) in [6, 6.07) is 8.19. The highest BCUT2D eigenvalue weighted by molar-refractivity contribution is 5.35. The van der Waals surface area contributed by atoms with Gasteiger partial charge in [0.1, 0.15) is 12.4 Å². The predicted molar refractivity (Wildman–Crippen MR) is 83.4 cm³/mol. The summed E-state index contributed by atoms with van der Waals surface area (Å²) in [5, 5.41) is 11.5. The van der Waals surface area contributed by atoms with Crippen molar-refractivity contribution < 1.29 is 4.74 Å². The summed E-state index contributed by atoms with van der Waals surface area (Å²) in [5.41, 5.74) is 2.20. The Hall–Kier alpha value is -1.88. The minimum atomic E-state index is 0.458. The molecule has 1 aromatic heterocycles. The number of nitrogens with zero attached hydrogens (tertiary/aromatic N) is 3. The van der Waals surface area contributed by atoms with Gasteiger partial charge in [-0.15, -0.1) is 5.10 Å². The monoisotopic (exact) mass is 288 g/mol. The molecule has 0 spiro atoms. The number of para-hydroxylation sites is 1. The number of nitrogens with one attached hydrogen (secondary N) is 1. The Kier molecular flexibility index (Phi) is 5.75. The van der Waals surface area contributed by atoms with Crippen molar-refractivity contribution in [1.82, 2.24) is 20.3 Å². The van der Waals surface area contributed by atoms with Crippen molar-refractivity contribution >= 4 is 0 Å². The lowest BCUT2D eigenvalue weighted by molar-refractivity contribution is 0.286. The molecular weight excluding hydrogens is 264 g/mol. The van der Waals surface area contributed by atoms with E-state index in [1.165, 1.54) is 5.56 Å². The van der Waals surface area contributed by atoms with Gasteiger partial charge in [0.05, 0.1) is 12.2 Å². The molecule has 0 aliphatic heterocycles. The number of hydrogen-bond donors (Lipinski definition) is 1. The predicted octanol–water partition coefficient (Wildman–Crippen LogP) is 2.59. The third-order valence-corrected chi connectivity index (χ3v) is 3.26. The van der Waals surface area contributed by atoms with Crippen LogP contribution in [0.4, 0.5) is 0 Å². The molecule has 0 atom stereocenters. The van der Waals surface area contributed by atoms with E-state index in [0.717, 1.165) is 24.5 Å². The molecule has 5 heteroatoms. The molecule has 0 saturated heterocycles. The molecule has 0 aliphatic carbocycles. The van der Waals surface area contributed by atoms with Crippen molar-refractivity contribution in [3.63, 3.8) is 0 Å². The van der Waals surface area contributed by atoms with Gasteiger partial charge in [-0.2, -0.15) is 0 Å². The molecule has 0 amide bonds. The van der Waals surface area contributed by atoms with E-state index in [2.05, 4.69) is 42.5 Å². The van der Waals surface area contributed by atoms with E-state index in [4.69, 9.17) is 4.74 Å². The van der Waals surface area contributed by atoms with Gasteiger partial charge in [-0.3, -0.25) is 0 Å². The lowest BCUT2D eigenvalue weighted by Crippen LogP contribution is -2.12. The number of benzene rings is 1. The van der Waals surface area contributed by atoms with Crippen molar-refractivity contribution in [3.8, 4) is 5.75 Å². The van der Waals surface area contributed by atoms with E-state index in [1.54, 1.807) is 0 Å². The highest BCUT2D eigenvalue weighted by Gasteiger charge is 2.07. The average molecular weight is 288 g/mol. The lowest BCUT2D eigenvalue weighted by atomic mass is 10.0. The summed E-state index contributed by atoms with van der Waals surface area (Å²) >= 11 is 0. The van der Waals surface area contributed by atoms with Gasteiger partial charge >= 0.3 is 0 Å². The second-order valence-electron chi connectivity index (χ2n) is 5.29. The molecule has 1 heterocycles. The molecule has 1 aromatic carbocycles. The van der Waals surface area contributed by atoms with Crippen molar-refractivity contribution in [2.75, 3.05) is 13.2 Å². The zero-order chi connectivity index (χ0) is 15.1. The number of hydrogen-bond acceptors (Lipinski definition) is 4. The van der Waals surface area contributed by atoms with Crippen LogP contribution in [-0.2, 0) is 13.1 Å². The molecule has 0 fully saturated rings. The first-order valence-corrected chi connectivity index (χ1v) is 7.52. The Morgan fingerprint density at radius 2 is 2.10 bits per heavy atom. The molecule has 1 N–H and O–H groups in total. The minimum absolute atomic E-state index is 0.458. The molecule has 0 saturated carbocycles. The second kappa shape index (κ2) is 7.78. The quantitative estimate of drug-likeness (QED) is 0.811. The zero-order valence-electron chi connectivity index (χ0n) is 13.0. The first-order valence-electron chi connectivity index (χ1n) is 7.52. The molecule has 114 valence electrons. The third-order valence-electron chi connectivity index (χ3n) is 3.26. The van der Waals surface area contributed by atoms with Crippen LogP contribution in [0.1, 0.15) is 37.9 Å². The van der Waals surface area contributed by atoms with Crippen LogP contribution < -0.4 is 10.1 Å². The Balaban J connectivity index is 1.85. The minimum Gasteiger partial charge on any atom is -0.491 e. The Labute approximate surface area is 126 Å². The third kappa shape index (κ3) is 4.56. The van der Waals surface area contributed by atoms with Crippen LogP contribution in [0.15, 0.2) is 30.5 Å². The van der Waals surface area contributed by atoms with Gasteiger partial charge in [0.2, 0.25) is 0 Å². The Bertz CT molecular complexity index is 551. The van der Waals surface area contributed by atoms with Gasteiger partial charge in [-0.05, 0) is 24.1 Å². The van der Waals surface area contributed by atoms with Crippen molar-refractivity contribution in [2.45, 2.75) is 39.8 Å². The van der Waals surface area contributed by atoms with E-state index in [-0.39, 0.29) is 0 Å². The molecule has 0 bridgehead atoms. The van der Waals surface area contributed by atoms with Gasteiger partial charge < -0.3 is 10.1 Å². The van der Waals surface area contributed by atoms with E-state index < -0.39 is 0 Å². The van der Waals surface area contributed by atoms with E-state index in [1.807, 2.05) is 29.1 Å². The van der Waals surface area contributed by atoms with Crippen molar-refractivity contribution in [1.29, 1.82) is 0 Å². The first kappa shape index (κ1) is 15.5. The molecule has 21 heavy (non-hydrogen) atoms. The molecule has 2 aromatic rings. The zero-order valence-corrected chi connectivity index (χ0v) is 13.0. The van der Waals surface area contributed by atoms with Gasteiger partial charge in [0.25, 0.3) is 0 Å². The molecule has 5 nitrogen and oxygen atoms in total. The van der Waals surface area contributed by atoms with Crippen LogP contribution in [0.2, 0.25) is 0 Å². The molecule has 0 aliphatic rings. The molecule has 2 rings (SSSR count). The fraction of sp³-hybridized carbons (Fsp3) is 0.500. The van der Waals surface area contributed by atoms with Crippen LogP contribution >= 0.6 is 0 Å². The summed E-state index contributed by atoms with van der Waals surface area (Å²) in [4.78, 5) is 0. The standard InChI is InChI=1S/C16H24N4O/c1-4-17-11-14-12-20(19-18-14)9-10-21-16-8-6-5-7-15(16)13(2)3/h5-8,12-13,17H,4,9-11H2,1-3H3. The van der Waals surface area contributed by atoms with Crippen LogP contribution in [0.3, 0.4) is 0 Å². The van der Waals surface area contributed by atoms with Crippen molar-refractivity contribution in [2.24, 2.45) is 0 Å². The van der Waals surface area contributed by atoms with Gasteiger partial charge in [0, 0.05) is 12.7 Å². The number of ether oxygens (including phenoxy) is 1. The summed E-state index contributed by atoms with van der Waals surface area (Å²) in [6.07, 6.45) is 1.96. The molecule has 0 radical (unpaired) electrons. The van der Waals surface area contributed by atoms with E-state index in [0.29, 0.717) is 19.1 Å². The number of rotatable bonds is 8. The Morgan fingerprint density at radius 1 is 1.29 bits per heavy atom. The van der Waals surface area contributed by atoms with E-state index >= 15 is 0 Å². The van der Waals surface area contributed by atoms with E-state index in [9.17, 15) is 0 Å². The maximum Gasteiger partial charge on any atom is 0.122 e.